The van der Waals surface area contributed by atoms with E-state index in [1.807, 2.05) is 0 Å². The lowest BCUT2D eigenvalue weighted by Gasteiger charge is -2.08. The molecule has 2 heteroatoms. The molecule has 0 amide bonds. The second-order valence-corrected chi connectivity index (χ2v) is 7.05. The Morgan fingerprint density at radius 3 is 2.20 bits per heavy atom. The van der Waals surface area contributed by atoms with Crippen LogP contribution in [0, 0.1) is 13.8 Å². The highest BCUT2D eigenvalue weighted by Crippen LogP contribution is 2.37. The minimum Gasteiger partial charge on any atom is -0.493 e. The molecule has 1 heterocycles. The molecule has 25 heavy (non-hydrogen) atoms. The molecule has 0 radical (unpaired) electrons. The maximum Gasteiger partial charge on any atom is 0.142 e. The predicted octanol–water partition coefficient (Wildman–Crippen LogP) is 7.11. The van der Waals surface area contributed by atoms with Crippen molar-refractivity contribution in [1.82, 2.24) is 0 Å². The van der Waals surface area contributed by atoms with Gasteiger partial charge >= 0.3 is 0 Å². The Labute approximate surface area is 151 Å². The molecule has 0 spiro atoms. The smallest absolute Gasteiger partial charge is 0.142 e. The van der Waals surface area contributed by atoms with Gasteiger partial charge in [0.05, 0.1) is 6.61 Å². The number of hydrogen-bond donors (Lipinski definition) is 0. The Kier molecular flexibility index (Phi) is 5.67. The zero-order chi connectivity index (χ0) is 17.8. The van der Waals surface area contributed by atoms with Gasteiger partial charge in [-0.2, -0.15) is 0 Å². The molecule has 134 valence electrons. The first-order valence-electron chi connectivity index (χ1n) is 9.74. The molecule has 3 aromatic rings. The van der Waals surface area contributed by atoms with Crippen LogP contribution in [0.1, 0.15) is 62.6 Å². The molecule has 0 saturated carbocycles. The van der Waals surface area contributed by atoms with E-state index in [1.165, 1.54) is 41.2 Å². The molecule has 2 nitrogen and oxygen atoms in total. The summed E-state index contributed by atoms with van der Waals surface area (Å²) in [6.07, 6.45) is 7.15. The van der Waals surface area contributed by atoms with E-state index < -0.39 is 0 Å². The number of rotatable bonds is 8. The van der Waals surface area contributed by atoms with E-state index in [2.05, 4.69) is 52.0 Å². The summed E-state index contributed by atoms with van der Waals surface area (Å²) in [6.45, 7) is 9.49. The summed E-state index contributed by atoms with van der Waals surface area (Å²) < 4.78 is 12.3. The van der Waals surface area contributed by atoms with E-state index in [0.29, 0.717) is 0 Å². The van der Waals surface area contributed by atoms with Crippen LogP contribution in [0.2, 0.25) is 0 Å². The van der Waals surface area contributed by atoms with Crippen molar-refractivity contribution in [2.45, 2.75) is 66.2 Å². The van der Waals surface area contributed by atoms with E-state index in [-0.39, 0.29) is 0 Å². The van der Waals surface area contributed by atoms with Gasteiger partial charge in [0.2, 0.25) is 0 Å². The van der Waals surface area contributed by atoms with Gasteiger partial charge in [0, 0.05) is 16.3 Å². The number of aryl methyl sites for hydroxylation is 3. The molecule has 0 N–H and O–H groups in total. The number of hydrogen-bond acceptors (Lipinski definition) is 2. The van der Waals surface area contributed by atoms with Crippen LogP contribution in [-0.4, -0.2) is 6.61 Å². The molecule has 0 atom stereocenters. The van der Waals surface area contributed by atoms with Crippen molar-refractivity contribution in [3.8, 4) is 5.75 Å². The number of ether oxygens (including phenoxy) is 1. The lowest BCUT2D eigenvalue weighted by atomic mass is 9.99. The van der Waals surface area contributed by atoms with Crippen LogP contribution in [0.5, 0.6) is 5.75 Å². The van der Waals surface area contributed by atoms with Gasteiger partial charge in [-0.1, -0.05) is 45.2 Å². The van der Waals surface area contributed by atoms with E-state index in [0.717, 1.165) is 48.3 Å². The third-order valence-corrected chi connectivity index (χ3v) is 5.17. The minimum absolute atomic E-state index is 0.768. The van der Waals surface area contributed by atoms with Gasteiger partial charge in [0.1, 0.15) is 16.9 Å². The summed E-state index contributed by atoms with van der Waals surface area (Å²) in [6, 6.07) is 8.74. The summed E-state index contributed by atoms with van der Waals surface area (Å²) in [5.41, 5.74) is 5.82. The highest BCUT2D eigenvalue weighted by Gasteiger charge is 2.15. The van der Waals surface area contributed by atoms with E-state index in [4.69, 9.17) is 9.15 Å². The van der Waals surface area contributed by atoms with Crippen molar-refractivity contribution in [3.05, 3.63) is 41.0 Å². The lowest BCUT2D eigenvalue weighted by molar-refractivity contribution is 0.307. The Bertz CT molecular complexity index is 787. The fraction of sp³-hybridized carbons (Fsp3) is 0.478. The third kappa shape index (κ3) is 3.53. The van der Waals surface area contributed by atoms with Crippen molar-refractivity contribution >= 4 is 21.9 Å². The first-order valence-corrected chi connectivity index (χ1v) is 9.74. The fourth-order valence-electron chi connectivity index (χ4n) is 3.51. The standard InChI is InChI=1S/C23H30O2/c1-5-7-9-10-18-11-12-19-20-13-14-21(24-15-8-6-2)17(4)23(20)25-22(19)16(18)3/h11-14H,5-10,15H2,1-4H3. The topological polar surface area (TPSA) is 22.4 Å². The summed E-state index contributed by atoms with van der Waals surface area (Å²) >= 11 is 0. The molecule has 1 aromatic heterocycles. The molecular weight excluding hydrogens is 308 g/mol. The number of furan rings is 1. The van der Waals surface area contributed by atoms with Crippen LogP contribution < -0.4 is 4.74 Å². The Hall–Kier alpha value is -1.96. The molecule has 0 saturated heterocycles. The second kappa shape index (κ2) is 7.95. The van der Waals surface area contributed by atoms with Crippen molar-refractivity contribution in [3.63, 3.8) is 0 Å². The van der Waals surface area contributed by atoms with Crippen LogP contribution in [0.4, 0.5) is 0 Å². The number of fused-ring (bicyclic) bond motifs is 3. The van der Waals surface area contributed by atoms with Crippen LogP contribution in [0.25, 0.3) is 21.9 Å². The van der Waals surface area contributed by atoms with E-state index >= 15 is 0 Å². The van der Waals surface area contributed by atoms with Gasteiger partial charge in [-0.25, -0.2) is 0 Å². The molecule has 0 aliphatic heterocycles. The highest BCUT2D eigenvalue weighted by atomic mass is 16.5. The van der Waals surface area contributed by atoms with Crippen LogP contribution in [0.15, 0.2) is 28.7 Å². The van der Waals surface area contributed by atoms with Gasteiger partial charge in [-0.05, 0) is 56.4 Å². The average molecular weight is 338 g/mol. The van der Waals surface area contributed by atoms with Gasteiger partial charge < -0.3 is 9.15 Å². The summed E-state index contributed by atoms with van der Waals surface area (Å²) in [5.74, 6) is 0.945. The molecule has 0 aliphatic carbocycles. The van der Waals surface area contributed by atoms with Crippen molar-refractivity contribution < 1.29 is 9.15 Å². The van der Waals surface area contributed by atoms with Crippen molar-refractivity contribution in [1.29, 1.82) is 0 Å². The Morgan fingerprint density at radius 2 is 1.48 bits per heavy atom. The molecule has 2 aromatic carbocycles. The first-order chi connectivity index (χ1) is 12.2. The van der Waals surface area contributed by atoms with Crippen LogP contribution in [-0.2, 0) is 6.42 Å². The monoisotopic (exact) mass is 338 g/mol. The molecule has 3 rings (SSSR count). The third-order valence-electron chi connectivity index (χ3n) is 5.17. The van der Waals surface area contributed by atoms with Crippen molar-refractivity contribution in [2.24, 2.45) is 0 Å². The van der Waals surface area contributed by atoms with Gasteiger partial charge in [0.25, 0.3) is 0 Å². The molecule has 0 bridgehead atoms. The normalized spacial score (nSPS) is 11.5. The highest BCUT2D eigenvalue weighted by molar-refractivity contribution is 6.07. The van der Waals surface area contributed by atoms with Crippen molar-refractivity contribution in [2.75, 3.05) is 6.61 Å². The summed E-state index contributed by atoms with van der Waals surface area (Å²) in [5, 5.41) is 2.41. The molecule has 0 unspecified atom stereocenters. The van der Waals surface area contributed by atoms with Gasteiger partial charge in [-0.15, -0.1) is 0 Å². The zero-order valence-electron chi connectivity index (χ0n) is 16.1. The van der Waals surface area contributed by atoms with E-state index in [9.17, 15) is 0 Å². The predicted molar refractivity (Wildman–Crippen MR) is 107 cm³/mol. The second-order valence-electron chi connectivity index (χ2n) is 7.05. The molecule has 0 aliphatic rings. The van der Waals surface area contributed by atoms with Crippen LogP contribution in [0.3, 0.4) is 0 Å². The minimum atomic E-state index is 0.768. The summed E-state index contributed by atoms with van der Waals surface area (Å²) in [7, 11) is 0. The molecule has 0 fully saturated rings. The maximum absolute atomic E-state index is 6.33. The fourth-order valence-corrected chi connectivity index (χ4v) is 3.51. The lowest BCUT2D eigenvalue weighted by Crippen LogP contribution is -1.97. The summed E-state index contributed by atoms with van der Waals surface area (Å²) in [4.78, 5) is 0. The Balaban J connectivity index is 1.99. The average Bonchev–Trinajstić information content (AvgIpc) is 3.00. The van der Waals surface area contributed by atoms with Gasteiger partial charge in [-0.3, -0.25) is 0 Å². The number of unbranched alkanes of at least 4 members (excludes halogenated alkanes) is 3. The number of benzene rings is 2. The first kappa shape index (κ1) is 17.8. The SMILES string of the molecule is CCCCCc1ccc2c(oc3c(C)c(OCCCC)ccc32)c1C. The quantitative estimate of drug-likeness (QED) is 0.408. The van der Waals surface area contributed by atoms with E-state index in [1.54, 1.807) is 0 Å². The Morgan fingerprint density at radius 1 is 0.800 bits per heavy atom. The molecular formula is C23H30O2. The van der Waals surface area contributed by atoms with Gasteiger partial charge in [0.15, 0.2) is 0 Å². The van der Waals surface area contributed by atoms with Crippen LogP contribution >= 0.6 is 0 Å². The largest absolute Gasteiger partial charge is 0.493 e. The zero-order valence-corrected chi connectivity index (χ0v) is 16.1. The maximum atomic E-state index is 6.33.